The van der Waals surface area contributed by atoms with Crippen LogP contribution in [0.1, 0.15) is 0 Å². The third kappa shape index (κ3) is 2.36. The van der Waals surface area contributed by atoms with Crippen molar-refractivity contribution in [2.75, 3.05) is 24.5 Å². The molecule has 0 bridgehead atoms. The van der Waals surface area contributed by atoms with E-state index in [1.807, 2.05) is 24.3 Å². The van der Waals surface area contributed by atoms with E-state index in [2.05, 4.69) is 26.1 Å². The maximum Gasteiger partial charge on any atom is 0.322 e. The molecular weight excluding hydrogens is 272 g/mol. The van der Waals surface area contributed by atoms with Crippen LogP contribution in [0.2, 0.25) is 0 Å². The van der Waals surface area contributed by atoms with Gasteiger partial charge in [0.1, 0.15) is 6.04 Å². The summed E-state index contributed by atoms with van der Waals surface area (Å²) in [6.07, 6.45) is 0. The van der Waals surface area contributed by atoms with Gasteiger partial charge in [-0.3, -0.25) is 4.79 Å². The number of aliphatic carboxylic acids is 1. The number of hydrogen-bond donors (Lipinski definition) is 2. The van der Waals surface area contributed by atoms with Crippen molar-refractivity contribution in [3.63, 3.8) is 0 Å². The minimum atomic E-state index is -0.795. The van der Waals surface area contributed by atoms with Crippen molar-refractivity contribution in [3.05, 3.63) is 28.7 Å². The maximum absolute atomic E-state index is 10.9. The van der Waals surface area contributed by atoms with Gasteiger partial charge in [-0.25, -0.2) is 0 Å². The van der Waals surface area contributed by atoms with Crippen LogP contribution in [-0.4, -0.2) is 36.8 Å². The Kier molecular flexibility index (Phi) is 3.46. The lowest BCUT2D eigenvalue weighted by Gasteiger charge is -2.33. The molecular formula is C11H13BrN2O2. The number of anilines is 1. The number of nitrogens with one attached hydrogen (secondary N) is 1. The normalized spacial score (nSPS) is 20.8. The van der Waals surface area contributed by atoms with Crippen LogP contribution in [0.15, 0.2) is 28.7 Å². The van der Waals surface area contributed by atoms with Gasteiger partial charge in [-0.05, 0) is 28.1 Å². The molecule has 1 aromatic carbocycles. The number of halogens is 1. The fourth-order valence-corrected chi connectivity index (χ4v) is 2.38. The second-order valence-corrected chi connectivity index (χ2v) is 4.60. The molecule has 0 radical (unpaired) electrons. The van der Waals surface area contributed by atoms with Crippen molar-refractivity contribution >= 4 is 27.6 Å². The molecule has 16 heavy (non-hydrogen) atoms. The number of piperazine rings is 1. The van der Waals surface area contributed by atoms with Crippen LogP contribution in [0.5, 0.6) is 0 Å². The van der Waals surface area contributed by atoms with Gasteiger partial charge in [0.15, 0.2) is 0 Å². The number of benzene rings is 1. The molecule has 0 amide bonds. The summed E-state index contributed by atoms with van der Waals surface area (Å²) in [4.78, 5) is 13.0. The zero-order valence-corrected chi connectivity index (χ0v) is 10.3. The smallest absolute Gasteiger partial charge is 0.322 e. The summed E-state index contributed by atoms with van der Waals surface area (Å²) in [5.41, 5.74) is 1.05. The molecule has 0 aliphatic carbocycles. The Labute approximate surface area is 102 Å². The second kappa shape index (κ2) is 4.84. The van der Waals surface area contributed by atoms with Gasteiger partial charge in [0.2, 0.25) is 0 Å². The topological polar surface area (TPSA) is 52.6 Å². The van der Waals surface area contributed by atoms with Crippen LogP contribution < -0.4 is 10.2 Å². The minimum absolute atomic E-state index is 0.485. The van der Waals surface area contributed by atoms with Gasteiger partial charge in [-0.2, -0.15) is 0 Å². The molecule has 1 saturated heterocycles. The molecule has 1 heterocycles. The number of rotatable bonds is 2. The van der Waals surface area contributed by atoms with E-state index in [9.17, 15) is 4.79 Å². The van der Waals surface area contributed by atoms with E-state index in [1.54, 1.807) is 0 Å². The van der Waals surface area contributed by atoms with E-state index in [4.69, 9.17) is 5.11 Å². The first-order valence-electron chi connectivity index (χ1n) is 5.14. The van der Waals surface area contributed by atoms with Crippen molar-refractivity contribution in [2.45, 2.75) is 6.04 Å². The van der Waals surface area contributed by atoms with Crippen LogP contribution >= 0.6 is 15.9 Å². The largest absolute Gasteiger partial charge is 0.480 e. The molecule has 1 aliphatic rings. The summed E-state index contributed by atoms with van der Waals surface area (Å²) >= 11 is 3.48. The van der Waals surface area contributed by atoms with Crippen LogP contribution in [0.3, 0.4) is 0 Å². The van der Waals surface area contributed by atoms with Gasteiger partial charge < -0.3 is 15.3 Å². The Hall–Kier alpha value is -1.07. The van der Waals surface area contributed by atoms with E-state index in [1.165, 1.54) is 0 Å². The first-order valence-corrected chi connectivity index (χ1v) is 5.93. The first kappa shape index (κ1) is 11.4. The second-order valence-electron chi connectivity index (χ2n) is 3.74. The van der Waals surface area contributed by atoms with Gasteiger partial charge in [-0.15, -0.1) is 0 Å². The number of nitrogens with zero attached hydrogens (tertiary/aromatic N) is 1. The van der Waals surface area contributed by atoms with Crippen molar-refractivity contribution in [1.29, 1.82) is 0 Å². The van der Waals surface area contributed by atoms with Crippen molar-refractivity contribution in [3.8, 4) is 0 Å². The zero-order valence-electron chi connectivity index (χ0n) is 8.69. The average molecular weight is 285 g/mol. The number of carboxylic acids is 1. The summed E-state index contributed by atoms with van der Waals surface area (Å²) in [6, 6.07) is 7.38. The highest BCUT2D eigenvalue weighted by Crippen LogP contribution is 2.26. The molecule has 0 spiro atoms. The molecule has 1 unspecified atom stereocenters. The molecule has 0 saturated carbocycles. The molecule has 1 aliphatic heterocycles. The summed E-state index contributed by atoms with van der Waals surface area (Å²) in [5.74, 6) is -0.795. The minimum Gasteiger partial charge on any atom is -0.480 e. The number of carbonyl (C=O) groups is 1. The average Bonchev–Trinajstić information content (AvgIpc) is 2.30. The van der Waals surface area contributed by atoms with E-state index in [-0.39, 0.29) is 0 Å². The highest BCUT2D eigenvalue weighted by atomic mass is 79.9. The van der Waals surface area contributed by atoms with Crippen molar-refractivity contribution in [1.82, 2.24) is 5.32 Å². The van der Waals surface area contributed by atoms with E-state index < -0.39 is 12.0 Å². The molecule has 1 fully saturated rings. The highest BCUT2D eigenvalue weighted by molar-refractivity contribution is 9.10. The number of carboxylic acid groups (broad SMARTS) is 1. The van der Waals surface area contributed by atoms with Crippen LogP contribution in [0.4, 0.5) is 5.69 Å². The lowest BCUT2D eigenvalue weighted by atomic mass is 10.2. The third-order valence-electron chi connectivity index (χ3n) is 2.67. The van der Waals surface area contributed by atoms with Crippen molar-refractivity contribution < 1.29 is 9.90 Å². The van der Waals surface area contributed by atoms with Gasteiger partial charge in [0.05, 0.1) is 5.69 Å². The predicted octanol–water partition coefficient (Wildman–Crippen LogP) is 1.31. The monoisotopic (exact) mass is 284 g/mol. The van der Waals surface area contributed by atoms with Crippen LogP contribution in [-0.2, 0) is 4.79 Å². The Morgan fingerprint density at radius 3 is 2.94 bits per heavy atom. The number of para-hydroxylation sites is 1. The Morgan fingerprint density at radius 1 is 1.50 bits per heavy atom. The molecule has 2 N–H and O–H groups in total. The van der Waals surface area contributed by atoms with Gasteiger partial charge in [0.25, 0.3) is 0 Å². The van der Waals surface area contributed by atoms with E-state index in [0.29, 0.717) is 13.1 Å². The SMILES string of the molecule is O=C(O)C1CN(c2ccccc2Br)CCN1. The maximum atomic E-state index is 10.9. The molecule has 86 valence electrons. The Morgan fingerprint density at radius 2 is 2.25 bits per heavy atom. The van der Waals surface area contributed by atoms with Gasteiger partial charge in [-0.1, -0.05) is 12.1 Å². The predicted molar refractivity (Wildman–Crippen MR) is 65.8 cm³/mol. The molecule has 2 rings (SSSR count). The fraction of sp³-hybridized carbons (Fsp3) is 0.364. The van der Waals surface area contributed by atoms with E-state index >= 15 is 0 Å². The summed E-state index contributed by atoms with van der Waals surface area (Å²) in [5, 5.41) is 12.0. The lowest BCUT2D eigenvalue weighted by molar-refractivity contribution is -0.139. The summed E-state index contributed by atoms with van der Waals surface area (Å²) < 4.78 is 1.00. The molecule has 4 nitrogen and oxygen atoms in total. The standard InChI is InChI=1S/C11H13BrN2O2/c12-8-3-1-2-4-10(8)14-6-5-13-9(7-14)11(15)16/h1-4,9,13H,5-7H2,(H,15,16). The fourth-order valence-electron chi connectivity index (χ4n) is 1.84. The Balaban J connectivity index is 2.16. The first-order chi connectivity index (χ1) is 7.68. The summed E-state index contributed by atoms with van der Waals surface area (Å²) in [6.45, 7) is 2.02. The molecule has 0 aromatic heterocycles. The van der Waals surface area contributed by atoms with Crippen LogP contribution in [0, 0.1) is 0 Å². The van der Waals surface area contributed by atoms with Crippen LogP contribution in [0.25, 0.3) is 0 Å². The Bertz CT molecular complexity index is 397. The molecule has 1 aromatic rings. The highest BCUT2D eigenvalue weighted by Gasteiger charge is 2.25. The van der Waals surface area contributed by atoms with Gasteiger partial charge >= 0.3 is 5.97 Å². The zero-order chi connectivity index (χ0) is 11.5. The molecule has 5 heteroatoms. The van der Waals surface area contributed by atoms with Crippen molar-refractivity contribution in [2.24, 2.45) is 0 Å². The van der Waals surface area contributed by atoms with E-state index in [0.717, 1.165) is 16.7 Å². The molecule has 1 atom stereocenters. The quantitative estimate of drug-likeness (QED) is 0.860. The number of hydrogen-bond acceptors (Lipinski definition) is 3. The summed E-state index contributed by atoms with van der Waals surface area (Å²) in [7, 11) is 0. The van der Waals surface area contributed by atoms with Gasteiger partial charge in [0, 0.05) is 24.1 Å². The lowest BCUT2D eigenvalue weighted by Crippen LogP contribution is -2.54. The third-order valence-corrected chi connectivity index (χ3v) is 3.34.